The van der Waals surface area contributed by atoms with Gasteiger partial charge in [-0.2, -0.15) is 0 Å². The lowest BCUT2D eigenvalue weighted by atomic mass is 9.73. The molecule has 2 rings (SSSR count). The fraction of sp³-hybridized carbons (Fsp3) is 0.700. The highest BCUT2D eigenvalue weighted by Crippen LogP contribution is 2.35. The molecule has 1 N–H and O–H groups in total. The molecule has 4 unspecified atom stereocenters. The summed E-state index contributed by atoms with van der Waals surface area (Å²) >= 11 is 0. The molecular formula is C20H33N. The molecule has 1 heteroatoms. The van der Waals surface area contributed by atoms with Crippen molar-refractivity contribution in [1.29, 1.82) is 0 Å². The molecular weight excluding hydrogens is 254 g/mol. The Kier molecular flexibility index (Phi) is 5.87. The SMILES string of the molecule is CC1CCC(C(C)C)C(NC(c2ccccc2)C(C)C)C1. The molecule has 0 spiro atoms. The molecule has 4 atom stereocenters. The third-order valence-corrected chi connectivity index (χ3v) is 5.24. The highest BCUT2D eigenvalue weighted by molar-refractivity contribution is 5.19. The molecule has 1 nitrogen and oxygen atoms in total. The van der Waals surface area contributed by atoms with Crippen LogP contribution in [0.15, 0.2) is 30.3 Å². The third kappa shape index (κ3) is 4.32. The highest BCUT2D eigenvalue weighted by atomic mass is 15.0. The molecule has 1 saturated carbocycles. The van der Waals surface area contributed by atoms with Crippen molar-refractivity contribution < 1.29 is 0 Å². The van der Waals surface area contributed by atoms with Gasteiger partial charge in [-0.3, -0.25) is 0 Å². The first-order valence-electron chi connectivity index (χ1n) is 8.80. The van der Waals surface area contributed by atoms with Crippen molar-refractivity contribution in [3.8, 4) is 0 Å². The minimum absolute atomic E-state index is 0.475. The average Bonchev–Trinajstić information content (AvgIpc) is 2.45. The average molecular weight is 287 g/mol. The molecule has 1 fully saturated rings. The summed E-state index contributed by atoms with van der Waals surface area (Å²) in [5.74, 6) is 3.09. The van der Waals surface area contributed by atoms with E-state index in [4.69, 9.17) is 0 Å². The van der Waals surface area contributed by atoms with Crippen molar-refractivity contribution >= 4 is 0 Å². The van der Waals surface area contributed by atoms with E-state index in [1.165, 1.54) is 24.8 Å². The predicted molar refractivity (Wildman–Crippen MR) is 92.3 cm³/mol. The molecule has 0 radical (unpaired) electrons. The number of rotatable bonds is 5. The van der Waals surface area contributed by atoms with E-state index in [1.807, 2.05) is 0 Å². The first-order chi connectivity index (χ1) is 9.99. The van der Waals surface area contributed by atoms with Crippen molar-refractivity contribution in [2.24, 2.45) is 23.7 Å². The highest BCUT2D eigenvalue weighted by Gasteiger charge is 2.32. The van der Waals surface area contributed by atoms with Crippen molar-refractivity contribution in [1.82, 2.24) is 5.32 Å². The Labute approximate surface area is 131 Å². The molecule has 0 aromatic heterocycles. The molecule has 1 aliphatic rings. The van der Waals surface area contributed by atoms with Crippen molar-refractivity contribution in [2.45, 2.75) is 66.0 Å². The van der Waals surface area contributed by atoms with Gasteiger partial charge in [0.25, 0.3) is 0 Å². The number of hydrogen-bond acceptors (Lipinski definition) is 1. The number of hydrogen-bond donors (Lipinski definition) is 1. The van der Waals surface area contributed by atoms with Crippen LogP contribution in [-0.4, -0.2) is 6.04 Å². The van der Waals surface area contributed by atoms with Crippen LogP contribution in [-0.2, 0) is 0 Å². The van der Waals surface area contributed by atoms with Gasteiger partial charge in [0.05, 0.1) is 0 Å². The van der Waals surface area contributed by atoms with Gasteiger partial charge in [0.1, 0.15) is 0 Å². The van der Waals surface area contributed by atoms with Crippen LogP contribution in [0.3, 0.4) is 0 Å². The van der Waals surface area contributed by atoms with Crippen molar-refractivity contribution in [3.05, 3.63) is 35.9 Å². The Morgan fingerprint density at radius 1 is 1.00 bits per heavy atom. The number of benzene rings is 1. The van der Waals surface area contributed by atoms with Gasteiger partial charge >= 0.3 is 0 Å². The van der Waals surface area contributed by atoms with Gasteiger partial charge < -0.3 is 5.32 Å². The molecule has 0 saturated heterocycles. The maximum Gasteiger partial charge on any atom is 0.0345 e. The van der Waals surface area contributed by atoms with Crippen LogP contribution in [0.1, 0.15) is 65.5 Å². The largest absolute Gasteiger partial charge is 0.307 e. The lowest BCUT2D eigenvalue weighted by Gasteiger charge is -2.41. The molecule has 1 aromatic rings. The zero-order valence-electron chi connectivity index (χ0n) is 14.5. The number of nitrogens with one attached hydrogen (secondary N) is 1. The van der Waals surface area contributed by atoms with E-state index in [2.05, 4.69) is 70.3 Å². The monoisotopic (exact) mass is 287 g/mol. The van der Waals surface area contributed by atoms with E-state index < -0.39 is 0 Å². The third-order valence-electron chi connectivity index (χ3n) is 5.24. The van der Waals surface area contributed by atoms with E-state index in [-0.39, 0.29) is 0 Å². The minimum atomic E-state index is 0.475. The van der Waals surface area contributed by atoms with Crippen LogP contribution in [0.5, 0.6) is 0 Å². The maximum absolute atomic E-state index is 4.03. The van der Waals surface area contributed by atoms with E-state index in [9.17, 15) is 0 Å². The van der Waals surface area contributed by atoms with Gasteiger partial charge in [-0.15, -0.1) is 0 Å². The fourth-order valence-electron chi connectivity index (χ4n) is 3.96. The summed E-state index contributed by atoms with van der Waals surface area (Å²) in [6.45, 7) is 11.9. The summed E-state index contributed by atoms with van der Waals surface area (Å²) in [5, 5.41) is 4.03. The van der Waals surface area contributed by atoms with E-state index >= 15 is 0 Å². The second-order valence-corrected chi connectivity index (χ2v) is 7.73. The van der Waals surface area contributed by atoms with E-state index in [0.29, 0.717) is 18.0 Å². The first kappa shape index (κ1) is 16.5. The van der Waals surface area contributed by atoms with Gasteiger partial charge in [-0.1, -0.05) is 71.4 Å². The quantitative estimate of drug-likeness (QED) is 0.761. The van der Waals surface area contributed by atoms with Gasteiger partial charge in [0.2, 0.25) is 0 Å². The normalized spacial score (nSPS) is 28.0. The Balaban J connectivity index is 2.14. The smallest absolute Gasteiger partial charge is 0.0345 e. The summed E-state index contributed by atoms with van der Waals surface area (Å²) in [6, 6.07) is 12.1. The van der Waals surface area contributed by atoms with Gasteiger partial charge in [0, 0.05) is 12.1 Å². The molecule has 118 valence electrons. The summed E-state index contributed by atoms with van der Waals surface area (Å²) in [4.78, 5) is 0. The van der Waals surface area contributed by atoms with Crippen molar-refractivity contribution in [2.75, 3.05) is 0 Å². The molecule has 0 amide bonds. The van der Waals surface area contributed by atoms with Crippen LogP contribution >= 0.6 is 0 Å². The van der Waals surface area contributed by atoms with E-state index in [1.54, 1.807) is 0 Å². The molecule has 0 heterocycles. The van der Waals surface area contributed by atoms with Crippen LogP contribution in [0.25, 0.3) is 0 Å². The van der Waals surface area contributed by atoms with Crippen LogP contribution in [0, 0.1) is 23.7 Å². The van der Waals surface area contributed by atoms with Gasteiger partial charge in [-0.25, -0.2) is 0 Å². The Hall–Kier alpha value is -0.820. The standard InChI is InChI=1S/C20H33N/c1-14(2)18-12-11-16(5)13-19(18)21-20(15(3)4)17-9-7-6-8-10-17/h6-10,14-16,18-21H,11-13H2,1-5H3. The second kappa shape index (κ2) is 7.45. The van der Waals surface area contributed by atoms with E-state index in [0.717, 1.165) is 17.8 Å². The summed E-state index contributed by atoms with van der Waals surface area (Å²) in [6.07, 6.45) is 4.12. The Bertz CT molecular complexity index is 409. The van der Waals surface area contributed by atoms with Crippen LogP contribution < -0.4 is 5.32 Å². The Morgan fingerprint density at radius 3 is 2.24 bits per heavy atom. The zero-order valence-corrected chi connectivity index (χ0v) is 14.5. The Morgan fingerprint density at radius 2 is 1.67 bits per heavy atom. The molecule has 0 bridgehead atoms. The van der Waals surface area contributed by atoms with Crippen LogP contribution in [0.4, 0.5) is 0 Å². The predicted octanol–water partition coefficient (Wildman–Crippen LogP) is 5.43. The molecule has 1 aromatic carbocycles. The summed E-state index contributed by atoms with van der Waals surface area (Å²) in [5.41, 5.74) is 1.44. The summed E-state index contributed by atoms with van der Waals surface area (Å²) < 4.78 is 0. The maximum atomic E-state index is 4.03. The lowest BCUT2D eigenvalue weighted by Crippen LogP contribution is -2.45. The molecule has 21 heavy (non-hydrogen) atoms. The fourth-order valence-corrected chi connectivity index (χ4v) is 3.96. The van der Waals surface area contributed by atoms with Gasteiger partial charge in [-0.05, 0) is 42.1 Å². The topological polar surface area (TPSA) is 12.0 Å². The molecule has 0 aliphatic heterocycles. The summed E-state index contributed by atoms with van der Waals surface area (Å²) in [7, 11) is 0. The minimum Gasteiger partial charge on any atom is -0.307 e. The van der Waals surface area contributed by atoms with Crippen molar-refractivity contribution in [3.63, 3.8) is 0 Å². The van der Waals surface area contributed by atoms with Gasteiger partial charge in [0.15, 0.2) is 0 Å². The molecule has 1 aliphatic carbocycles. The lowest BCUT2D eigenvalue weighted by molar-refractivity contribution is 0.150. The first-order valence-corrected chi connectivity index (χ1v) is 8.80. The second-order valence-electron chi connectivity index (χ2n) is 7.73. The van der Waals surface area contributed by atoms with Crippen LogP contribution in [0.2, 0.25) is 0 Å². The zero-order chi connectivity index (χ0) is 15.4.